The fourth-order valence-electron chi connectivity index (χ4n) is 4.19. The molecule has 5 nitrogen and oxygen atoms in total. The number of nitrogens with zero attached hydrogens (tertiary/aromatic N) is 4. The van der Waals surface area contributed by atoms with Crippen LogP contribution in [0.2, 0.25) is 0 Å². The number of aryl methyl sites for hydroxylation is 1. The second-order valence-electron chi connectivity index (χ2n) is 7.44. The lowest BCUT2D eigenvalue weighted by molar-refractivity contribution is 0.122. The molecule has 0 spiro atoms. The van der Waals surface area contributed by atoms with Crippen LogP contribution in [0.5, 0.6) is 0 Å². The van der Waals surface area contributed by atoms with Crippen molar-refractivity contribution in [1.82, 2.24) is 15.0 Å². The molecule has 3 aromatic rings. The van der Waals surface area contributed by atoms with E-state index in [0.29, 0.717) is 0 Å². The summed E-state index contributed by atoms with van der Waals surface area (Å²) in [5.74, 6) is 2.07. The van der Waals surface area contributed by atoms with Gasteiger partial charge in [0.2, 0.25) is 0 Å². The van der Waals surface area contributed by atoms with Crippen molar-refractivity contribution in [2.24, 2.45) is 0 Å². The van der Waals surface area contributed by atoms with Crippen LogP contribution in [0.1, 0.15) is 30.9 Å². The van der Waals surface area contributed by atoms with E-state index in [1.54, 1.807) is 29.4 Å². The largest absolute Gasteiger partial charge is 0.378 e. The van der Waals surface area contributed by atoms with E-state index in [1.807, 2.05) is 0 Å². The Balaban J connectivity index is 1.67. The van der Waals surface area contributed by atoms with E-state index >= 15 is 0 Å². The lowest BCUT2D eigenvalue weighted by Gasteiger charge is -2.31. The highest BCUT2D eigenvalue weighted by molar-refractivity contribution is 9.11. The molecule has 4 heterocycles. The van der Waals surface area contributed by atoms with Crippen molar-refractivity contribution in [1.29, 1.82) is 0 Å². The van der Waals surface area contributed by atoms with Gasteiger partial charge in [-0.1, -0.05) is 22.0 Å². The summed E-state index contributed by atoms with van der Waals surface area (Å²) in [6, 6.07) is 0. The third-order valence-corrected chi connectivity index (χ3v) is 8.01. The molecule has 1 aliphatic heterocycles. The number of rotatable bonds is 4. The third kappa shape index (κ3) is 3.80. The van der Waals surface area contributed by atoms with Crippen molar-refractivity contribution in [3.63, 3.8) is 0 Å². The topological polar surface area (TPSA) is 51.1 Å². The van der Waals surface area contributed by atoms with E-state index in [4.69, 9.17) is 14.7 Å². The summed E-state index contributed by atoms with van der Waals surface area (Å²) in [7, 11) is 0. The Kier molecular flexibility index (Phi) is 5.78. The average Bonchev–Trinajstić information content (AvgIpc) is 3.13. The number of morpholine rings is 1. The van der Waals surface area contributed by atoms with Crippen molar-refractivity contribution >= 4 is 65.3 Å². The van der Waals surface area contributed by atoms with Crippen molar-refractivity contribution in [3.8, 4) is 0 Å². The minimum absolute atomic E-state index is 0.785. The van der Waals surface area contributed by atoms with Gasteiger partial charge in [0.1, 0.15) is 22.0 Å². The van der Waals surface area contributed by atoms with Crippen LogP contribution < -0.4 is 4.90 Å². The quantitative estimate of drug-likeness (QED) is 0.363. The smallest absolute Gasteiger partial charge is 0.133 e. The molecule has 2 aliphatic rings. The average molecular weight is 491 g/mol. The molecule has 29 heavy (non-hydrogen) atoms. The summed E-state index contributed by atoms with van der Waals surface area (Å²) in [4.78, 5) is 18.0. The van der Waals surface area contributed by atoms with Crippen molar-refractivity contribution < 1.29 is 4.74 Å². The first-order chi connectivity index (χ1) is 14.2. The first-order valence-corrected chi connectivity index (χ1v) is 12.7. The summed E-state index contributed by atoms with van der Waals surface area (Å²) in [6.07, 6.45) is 8.61. The highest BCUT2D eigenvalue weighted by Crippen LogP contribution is 2.43. The molecular formula is C21H23BrN4OS2. The standard InChI is InChI=1S/C21H23BrN4OS2/c1-13(22)6-11-28-21-18-17(23-12-24-21)16-14-4-2-3-5-15(14)19(25-20(16)29-18)26-7-9-27-10-8-26/h6,12H,2-5,7-11H2,1H3. The third-order valence-electron chi connectivity index (χ3n) is 5.56. The first kappa shape index (κ1) is 19.7. The summed E-state index contributed by atoms with van der Waals surface area (Å²) in [5, 5.41) is 2.33. The molecule has 0 aromatic carbocycles. The predicted molar refractivity (Wildman–Crippen MR) is 126 cm³/mol. The number of aromatic nitrogens is 3. The van der Waals surface area contributed by atoms with Crippen LogP contribution in [-0.2, 0) is 17.6 Å². The number of halogens is 1. The number of thiophene rings is 1. The zero-order valence-electron chi connectivity index (χ0n) is 16.4. The summed E-state index contributed by atoms with van der Waals surface area (Å²) in [6.45, 7) is 5.48. The van der Waals surface area contributed by atoms with Gasteiger partial charge in [0.15, 0.2) is 0 Å². The van der Waals surface area contributed by atoms with Crippen molar-refractivity contribution in [2.75, 3.05) is 37.0 Å². The Hall–Kier alpha value is -1.22. The molecule has 0 atom stereocenters. The minimum atomic E-state index is 0.785. The molecule has 0 N–H and O–H groups in total. The van der Waals surface area contributed by atoms with Gasteiger partial charge in [0, 0.05) is 24.2 Å². The fraction of sp³-hybridized carbons (Fsp3) is 0.476. The highest BCUT2D eigenvalue weighted by Gasteiger charge is 2.26. The number of fused-ring (bicyclic) bond motifs is 5. The van der Waals surface area contributed by atoms with E-state index < -0.39 is 0 Å². The Morgan fingerprint density at radius 3 is 2.83 bits per heavy atom. The van der Waals surface area contributed by atoms with Gasteiger partial charge in [-0.05, 0) is 48.2 Å². The summed E-state index contributed by atoms with van der Waals surface area (Å²) in [5.41, 5.74) is 4.00. The SMILES string of the molecule is CC(Br)=CCSc1ncnc2c1sc1nc(N3CCOCC3)c3c(c12)CCCC3. The fourth-order valence-corrected chi connectivity index (χ4v) is 6.75. The monoisotopic (exact) mass is 490 g/mol. The Morgan fingerprint density at radius 2 is 2.03 bits per heavy atom. The molecule has 0 radical (unpaired) electrons. The normalized spacial score (nSPS) is 17.9. The molecule has 1 fully saturated rings. The number of thioether (sulfide) groups is 1. The number of allylic oxidation sites excluding steroid dienone is 1. The molecule has 1 saturated heterocycles. The van der Waals surface area contributed by atoms with E-state index in [-0.39, 0.29) is 0 Å². The molecule has 152 valence electrons. The van der Waals surface area contributed by atoms with Gasteiger partial charge in [0.05, 0.1) is 23.4 Å². The zero-order chi connectivity index (χ0) is 19.8. The van der Waals surface area contributed by atoms with E-state index in [1.165, 1.54) is 39.9 Å². The van der Waals surface area contributed by atoms with Crippen LogP contribution in [0.4, 0.5) is 5.82 Å². The van der Waals surface area contributed by atoms with Gasteiger partial charge in [-0.3, -0.25) is 0 Å². The van der Waals surface area contributed by atoms with Crippen molar-refractivity contribution in [2.45, 2.75) is 37.6 Å². The molecule has 5 rings (SSSR count). The van der Waals surface area contributed by atoms with Gasteiger partial charge in [-0.15, -0.1) is 23.1 Å². The van der Waals surface area contributed by atoms with E-state index in [0.717, 1.165) is 64.8 Å². The number of anilines is 1. The molecule has 0 bridgehead atoms. The second kappa shape index (κ2) is 8.49. The van der Waals surface area contributed by atoms with Gasteiger partial charge in [-0.2, -0.15) is 0 Å². The highest BCUT2D eigenvalue weighted by atomic mass is 79.9. The summed E-state index contributed by atoms with van der Waals surface area (Å²) >= 11 is 7.02. The van der Waals surface area contributed by atoms with Gasteiger partial charge < -0.3 is 9.64 Å². The maximum absolute atomic E-state index is 5.57. The first-order valence-electron chi connectivity index (χ1n) is 10.1. The molecule has 3 aromatic heterocycles. The second-order valence-corrected chi connectivity index (χ2v) is 10.7. The van der Waals surface area contributed by atoms with Gasteiger partial charge in [-0.25, -0.2) is 15.0 Å². The van der Waals surface area contributed by atoms with E-state index in [2.05, 4.69) is 38.8 Å². The van der Waals surface area contributed by atoms with Crippen LogP contribution in [0.15, 0.2) is 21.9 Å². The van der Waals surface area contributed by atoms with Crippen LogP contribution in [0, 0.1) is 0 Å². The Bertz CT molecular complexity index is 1090. The van der Waals surface area contributed by atoms with Crippen LogP contribution in [0.3, 0.4) is 0 Å². The minimum Gasteiger partial charge on any atom is -0.378 e. The molecule has 0 unspecified atom stereocenters. The molecular weight excluding hydrogens is 468 g/mol. The lowest BCUT2D eigenvalue weighted by Crippen LogP contribution is -2.37. The number of hydrogen-bond donors (Lipinski definition) is 0. The number of ether oxygens (including phenoxy) is 1. The van der Waals surface area contributed by atoms with Gasteiger partial charge >= 0.3 is 0 Å². The Labute approximate surface area is 187 Å². The molecule has 0 amide bonds. The van der Waals surface area contributed by atoms with Crippen LogP contribution >= 0.6 is 39.0 Å². The molecule has 0 saturated carbocycles. The molecule has 8 heteroatoms. The van der Waals surface area contributed by atoms with Crippen LogP contribution in [0.25, 0.3) is 20.4 Å². The molecule has 1 aliphatic carbocycles. The van der Waals surface area contributed by atoms with E-state index in [9.17, 15) is 0 Å². The maximum atomic E-state index is 5.57. The lowest BCUT2D eigenvalue weighted by atomic mass is 9.90. The zero-order valence-corrected chi connectivity index (χ0v) is 19.6. The van der Waals surface area contributed by atoms with Crippen molar-refractivity contribution in [3.05, 3.63) is 28.0 Å². The Morgan fingerprint density at radius 1 is 1.24 bits per heavy atom. The predicted octanol–water partition coefficient (Wildman–Crippen LogP) is 5.35. The maximum Gasteiger partial charge on any atom is 0.133 e. The van der Waals surface area contributed by atoms with Gasteiger partial charge in [0.25, 0.3) is 0 Å². The number of hydrogen-bond acceptors (Lipinski definition) is 7. The number of pyridine rings is 1. The summed E-state index contributed by atoms with van der Waals surface area (Å²) < 4.78 is 7.90. The van der Waals surface area contributed by atoms with Crippen LogP contribution in [-0.4, -0.2) is 47.0 Å².